The first-order chi connectivity index (χ1) is 8.45. The number of benzene rings is 1. The van der Waals surface area contributed by atoms with Crippen LogP contribution in [0.4, 0.5) is 15.8 Å². The maximum absolute atomic E-state index is 13.9. The minimum absolute atomic E-state index is 0.206. The summed E-state index contributed by atoms with van der Waals surface area (Å²) >= 11 is 0. The average molecular weight is 253 g/mol. The maximum atomic E-state index is 13.9. The van der Waals surface area contributed by atoms with E-state index in [0.717, 1.165) is 0 Å². The monoisotopic (exact) mass is 253 g/mol. The van der Waals surface area contributed by atoms with Crippen LogP contribution in [0.2, 0.25) is 0 Å². The lowest BCUT2D eigenvalue weighted by Gasteiger charge is -2.24. The Morgan fingerprint density at radius 2 is 2.17 bits per heavy atom. The number of hydrogen-bond acceptors (Lipinski definition) is 3. The Balaban J connectivity index is 2.82. The number of rotatable bonds is 5. The van der Waals surface area contributed by atoms with Gasteiger partial charge in [0.2, 0.25) is 5.91 Å². The molecule has 0 aliphatic carbocycles. The van der Waals surface area contributed by atoms with Crippen molar-refractivity contribution < 1.29 is 9.18 Å². The Kier molecular flexibility index (Phi) is 5.09. The second kappa shape index (κ2) is 6.35. The van der Waals surface area contributed by atoms with E-state index in [9.17, 15) is 9.18 Å². The number of nitrogens with zero attached hydrogens (tertiary/aromatic N) is 1. The second-order valence-electron chi connectivity index (χ2n) is 4.46. The Labute approximate surface area is 107 Å². The van der Waals surface area contributed by atoms with Gasteiger partial charge in [0, 0.05) is 31.7 Å². The van der Waals surface area contributed by atoms with E-state index >= 15 is 0 Å². The van der Waals surface area contributed by atoms with Crippen LogP contribution in [0, 0.1) is 5.82 Å². The Hall–Kier alpha value is -1.62. The van der Waals surface area contributed by atoms with Gasteiger partial charge in [-0.05, 0) is 32.0 Å². The molecule has 0 aliphatic heterocycles. The number of nitrogens with one attached hydrogen (secondary N) is 1. The lowest BCUT2D eigenvalue weighted by molar-refractivity contribution is -0.116. The summed E-state index contributed by atoms with van der Waals surface area (Å²) < 4.78 is 13.9. The summed E-state index contributed by atoms with van der Waals surface area (Å²) in [7, 11) is 1.83. The molecule has 1 rings (SSSR count). The van der Waals surface area contributed by atoms with E-state index in [0.29, 0.717) is 11.4 Å². The molecule has 1 aromatic carbocycles. The first kappa shape index (κ1) is 14.4. The van der Waals surface area contributed by atoms with Gasteiger partial charge in [0.1, 0.15) is 5.82 Å². The number of hydrogen-bond donors (Lipinski definition) is 2. The largest absolute Gasteiger partial charge is 0.370 e. The molecule has 0 bridgehead atoms. The van der Waals surface area contributed by atoms with Crippen LogP contribution in [0.25, 0.3) is 0 Å². The highest BCUT2D eigenvalue weighted by molar-refractivity contribution is 5.91. The fraction of sp³-hybridized carbons (Fsp3) is 0.462. The third kappa shape index (κ3) is 3.70. The van der Waals surface area contributed by atoms with Crippen molar-refractivity contribution in [1.29, 1.82) is 0 Å². The van der Waals surface area contributed by atoms with Gasteiger partial charge in [0.25, 0.3) is 0 Å². The van der Waals surface area contributed by atoms with Crippen molar-refractivity contribution in [3.63, 3.8) is 0 Å². The van der Waals surface area contributed by atoms with E-state index < -0.39 is 0 Å². The molecule has 0 fully saturated rings. The summed E-state index contributed by atoms with van der Waals surface area (Å²) in [6, 6.07) is 4.87. The lowest BCUT2D eigenvalue weighted by Crippen LogP contribution is -2.26. The Bertz CT molecular complexity index is 421. The van der Waals surface area contributed by atoms with Crippen molar-refractivity contribution >= 4 is 17.3 Å². The SMILES string of the molecule is CC(C)N(C)c1ccc(NC(=O)CCN)cc1F. The summed E-state index contributed by atoms with van der Waals surface area (Å²) in [6.07, 6.45) is 0.231. The standard InChI is InChI=1S/C13H20FN3O/c1-9(2)17(3)12-5-4-10(8-11(12)14)16-13(18)6-7-15/h4-5,8-9H,6-7,15H2,1-3H3,(H,16,18). The Morgan fingerprint density at radius 3 is 2.67 bits per heavy atom. The van der Waals surface area contributed by atoms with Gasteiger partial charge in [-0.1, -0.05) is 0 Å². The normalized spacial score (nSPS) is 10.6. The van der Waals surface area contributed by atoms with Crippen LogP contribution < -0.4 is 16.0 Å². The molecule has 4 nitrogen and oxygen atoms in total. The van der Waals surface area contributed by atoms with Gasteiger partial charge in [0.15, 0.2) is 0 Å². The zero-order valence-corrected chi connectivity index (χ0v) is 11.0. The summed E-state index contributed by atoms with van der Waals surface area (Å²) in [5, 5.41) is 2.60. The minimum Gasteiger partial charge on any atom is -0.370 e. The highest BCUT2D eigenvalue weighted by Gasteiger charge is 2.11. The number of halogens is 1. The van der Waals surface area contributed by atoms with Crippen molar-refractivity contribution in [3.05, 3.63) is 24.0 Å². The van der Waals surface area contributed by atoms with E-state index in [1.54, 1.807) is 12.1 Å². The van der Waals surface area contributed by atoms with Gasteiger partial charge < -0.3 is 16.0 Å². The third-order valence-corrected chi connectivity index (χ3v) is 2.76. The van der Waals surface area contributed by atoms with Gasteiger partial charge in [-0.15, -0.1) is 0 Å². The van der Waals surface area contributed by atoms with Crippen LogP contribution in [0.5, 0.6) is 0 Å². The molecule has 18 heavy (non-hydrogen) atoms. The van der Waals surface area contributed by atoms with Crippen molar-refractivity contribution in [3.8, 4) is 0 Å². The molecule has 100 valence electrons. The van der Waals surface area contributed by atoms with E-state index in [1.165, 1.54) is 6.07 Å². The van der Waals surface area contributed by atoms with Crippen molar-refractivity contribution in [2.45, 2.75) is 26.3 Å². The molecule has 0 saturated heterocycles. The van der Waals surface area contributed by atoms with E-state index in [1.807, 2.05) is 25.8 Å². The molecule has 0 unspecified atom stereocenters. The van der Waals surface area contributed by atoms with Crippen molar-refractivity contribution in [2.24, 2.45) is 5.73 Å². The quantitative estimate of drug-likeness (QED) is 0.843. The molecule has 0 radical (unpaired) electrons. The smallest absolute Gasteiger partial charge is 0.225 e. The molecule has 0 heterocycles. The molecule has 0 aromatic heterocycles. The third-order valence-electron chi connectivity index (χ3n) is 2.76. The van der Waals surface area contributed by atoms with Crippen LogP contribution in [0.15, 0.2) is 18.2 Å². The fourth-order valence-corrected chi connectivity index (χ4v) is 1.50. The molecule has 1 aromatic rings. The molecular weight excluding hydrogens is 233 g/mol. The molecule has 0 spiro atoms. The van der Waals surface area contributed by atoms with Crippen LogP contribution >= 0.6 is 0 Å². The zero-order chi connectivity index (χ0) is 13.7. The molecule has 3 N–H and O–H groups in total. The maximum Gasteiger partial charge on any atom is 0.225 e. The predicted octanol–water partition coefficient (Wildman–Crippen LogP) is 1.96. The van der Waals surface area contributed by atoms with Crippen molar-refractivity contribution in [1.82, 2.24) is 0 Å². The average Bonchev–Trinajstić information content (AvgIpc) is 2.28. The van der Waals surface area contributed by atoms with Crippen LogP contribution in [0.1, 0.15) is 20.3 Å². The first-order valence-corrected chi connectivity index (χ1v) is 5.98. The second-order valence-corrected chi connectivity index (χ2v) is 4.46. The topological polar surface area (TPSA) is 58.4 Å². The number of amides is 1. The molecule has 0 aliphatic rings. The fourth-order valence-electron chi connectivity index (χ4n) is 1.50. The lowest BCUT2D eigenvalue weighted by atomic mass is 10.2. The van der Waals surface area contributed by atoms with Crippen LogP contribution in [-0.2, 0) is 4.79 Å². The summed E-state index contributed by atoms with van der Waals surface area (Å²) in [5.41, 5.74) is 6.23. The van der Waals surface area contributed by atoms with Gasteiger partial charge >= 0.3 is 0 Å². The van der Waals surface area contributed by atoms with Crippen LogP contribution in [-0.4, -0.2) is 25.5 Å². The van der Waals surface area contributed by atoms with Gasteiger partial charge in [-0.3, -0.25) is 4.79 Å². The number of carbonyl (C=O) groups excluding carboxylic acids is 1. The van der Waals surface area contributed by atoms with E-state index in [4.69, 9.17) is 5.73 Å². The first-order valence-electron chi connectivity index (χ1n) is 5.98. The predicted molar refractivity (Wildman–Crippen MR) is 72.2 cm³/mol. The van der Waals surface area contributed by atoms with Gasteiger partial charge in [-0.25, -0.2) is 4.39 Å². The van der Waals surface area contributed by atoms with E-state index in [-0.39, 0.29) is 30.7 Å². The highest BCUT2D eigenvalue weighted by atomic mass is 19.1. The summed E-state index contributed by atoms with van der Waals surface area (Å²) in [5.74, 6) is -0.557. The van der Waals surface area contributed by atoms with Crippen molar-refractivity contribution in [2.75, 3.05) is 23.8 Å². The number of nitrogens with two attached hydrogens (primary N) is 1. The molecular formula is C13H20FN3O. The Morgan fingerprint density at radius 1 is 1.50 bits per heavy atom. The zero-order valence-electron chi connectivity index (χ0n) is 11.0. The molecule has 0 atom stereocenters. The summed E-state index contributed by atoms with van der Waals surface area (Å²) in [4.78, 5) is 13.2. The molecule has 0 saturated carbocycles. The van der Waals surface area contributed by atoms with Crippen LogP contribution in [0.3, 0.4) is 0 Å². The minimum atomic E-state index is -0.350. The molecule has 5 heteroatoms. The number of carbonyl (C=O) groups is 1. The summed E-state index contributed by atoms with van der Waals surface area (Å²) in [6.45, 7) is 4.25. The highest BCUT2D eigenvalue weighted by Crippen LogP contribution is 2.23. The number of anilines is 2. The van der Waals surface area contributed by atoms with Gasteiger partial charge in [-0.2, -0.15) is 0 Å². The van der Waals surface area contributed by atoms with E-state index in [2.05, 4.69) is 5.32 Å². The molecule has 1 amide bonds. The van der Waals surface area contributed by atoms with Gasteiger partial charge in [0.05, 0.1) is 5.69 Å².